The number of nitrogens with zero attached hydrogens (tertiary/aromatic N) is 1. The summed E-state index contributed by atoms with van der Waals surface area (Å²) in [6.07, 6.45) is 31.6. The van der Waals surface area contributed by atoms with Crippen LogP contribution in [-0.2, 0) is 14.3 Å². The van der Waals surface area contributed by atoms with E-state index in [-0.39, 0.29) is 18.8 Å². The predicted octanol–water partition coefficient (Wildman–Crippen LogP) is 6.56. The monoisotopic (exact) mass is 472 g/mol. The third kappa shape index (κ3) is 24.0. The molecule has 0 saturated carbocycles. The van der Waals surface area contributed by atoms with Crippen molar-refractivity contribution in [2.75, 3.05) is 27.7 Å². The van der Waals surface area contributed by atoms with Crippen LogP contribution in [0.1, 0.15) is 64.7 Å². The number of allylic oxidation sites excluding steroid dienone is 12. The van der Waals surface area contributed by atoms with Gasteiger partial charge in [-0.15, -0.1) is 0 Å². The number of esters is 1. The normalized spacial score (nSPS) is 14.0. The van der Waals surface area contributed by atoms with Crippen LogP contribution < -0.4 is 0 Å². The number of ether oxygens (including phenoxy) is 1. The minimum Gasteiger partial charge on any atom is -0.481 e. The largest absolute Gasteiger partial charge is 0.481 e. The van der Waals surface area contributed by atoms with E-state index in [4.69, 9.17) is 9.84 Å². The number of carbonyl (C=O) groups excluding carboxylic acids is 1. The lowest BCUT2D eigenvalue weighted by Gasteiger charge is -2.28. The summed E-state index contributed by atoms with van der Waals surface area (Å²) < 4.78 is 5.91. The number of aliphatic carboxylic acids is 1. The maximum atomic E-state index is 12.0. The number of carbonyl (C=O) groups is 2. The van der Waals surface area contributed by atoms with Gasteiger partial charge in [0.2, 0.25) is 0 Å². The van der Waals surface area contributed by atoms with Gasteiger partial charge in [-0.25, -0.2) is 0 Å². The second-order valence-corrected chi connectivity index (χ2v) is 9.14. The molecule has 0 radical (unpaired) electrons. The number of quaternary nitrogens is 1. The third-order valence-corrected chi connectivity index (χ3v) is 4.56. The summed E-state index contributed by atoms with van der Waals surface area (Å²) >= 11 is 0. The number of carboxylic acids is 1. The zero-order chi connectivity index (χ0) is 25.5. The lowest BCUT2D eigenvalue weighted by atomic mass is 10.2. The Morgan fingerprint density at radius 2 is 1.15 bits per heavy atom. The van der Waals surface area contributed by atoms with Gasteiger partial charge >= 0.3 is 11.9 Å². The fourth-order valence-corrected chi connectivity index (χ4v) is 3.03. The fraction of sp³-hybridized carbons (Fsp3) is 0.517. The molecule has 0 aliphatic carbocycles. The number of likely N-dealkylation sites (N-methyl/N-ethyl adjacent to an activating group) is 1. The van der Waals surface area contributed by atoms with Crippen molar-refractivity contribution in [2.24, 2.45) is 0 Å². The van der Waals surface area contributed by atoms with Gasteiger partial charge in [0.05, 0.1) is 27.6 Å². The van der Waals surface area contributed by atoms with Gasteiger partial charge in [0.25, 0.3) is 0 Å². The molecule has 190 valence electrons. The molecule has 0 saturated heterocycles. The smallest absolute Gasteiger partial charge is 0.307 e. The van der Waals surface area contributed by atoms with E-state index in [1.807, 2.05) is 33.3 Å². The minimum absolute atomic E-state index is 0.166. The number of carboxylic acid groups (broad SMARTS) is 1. The van der Waals surface area contributed by atoms with E-state index in [1.54, 1.807) is 0 Å². The van der Waals surface area contributed by atoms with Crippen LogP contribution in [0.25, 0.3) is 0 Å². The fourth-order valence-electron chi connectivity index (χ4n) is 3.03. The highest BCUT2D eigenvalue weighted by atomic mass is 16.5. The van der Waals surface area contributed by atoms with Crippen LogP contribution in [0.4, 0.5) is 0 Å². The first-order chi connectivity index (χ1) is 16.2. The topological polar surface area (TPSA) is 63.6 Å². The third-order valence-electron chi connectivity index (χ3n) is 4.56. The second kappa shape index (κ2) is 20.9. The van der Waals surface area contributed by atoms with Crippen LogP contribution >= 0.6 is 0 Å². The molecule has 0 aromatic rings. The zero-order valence-corrected chi connectivity index (χ0v) is 21.7. The molecule has 1 unspecified atom stereocenters. The standard InChI is InChI=1S/C29H45NO4/c1-5-6-7-8-9-10-11-12-13-14-15-16-17-18-19-20-21-22-23-24-29(33)34-27(25-28(31)32)26-30(2,3)4/h6-7,9-10,12-13,15-16,18-19,21-22,27H,5,8,11,14,17,20,23-26H2,1-4H3/p+1/b7-6+,10-9+,13-12+,16-15+,19-18+,22-21+. The van der Waals surface area contributed by atoms with E-state index in [0.29, 0.717) is 17.4 Å². The van der Waals surface area contributed by atoms with E-state index in [1.165, 1.54) is 0 Å². The van der Waals surface area contributed by atoms with Crippen molar-refractivity contribution in [1.29, 1.82) is 0 Å². The van der Waals surface area contributed by atoms with Crippen LogP contribution in [0.5, 0.6) is 0 Å². The molecule has 0 aromatic carbocycles. The highest BCUT2D eigenvalue weighted by Gasteiger charge is 2.24. The molecule has 0 aliphatic heterocycles. The Morgan fingerprint density at radius 3 is 1.53 bits per heavy atom. The molecule has 1 atom stereocenters. The highest BCUT2D eigenvalue weighted by Crippen LogP contribution is 2.08. The van der Waals surface area contributed by atoms with Crippen molar-refractivity contribution >= 4 is 11.9 Å². The maximum Gasteiger partial charge on any atom is 0.307 e. The van der Waals surface area contributed by atoms with Gasteiger partial charge < -0.3 is 14.3 Å². The molecule has 0 bridgehead atoms. The minimum atomic E-state index is -0.955. The Kier molecular flexibility index (Phi) is 19.3. The van der Waals surface area contributed by atoms with Crippen molar-refractivity contribution < 1.29 is 23.9 Å². The van der Waals surface area contributed by atoms with E-state index in [2.05, 4.69) is 67.7 Å². The number of hydrogen-bond donors (Lipinski definition) is 1. The van der Waals surface area contributed by atoms with Crippen molar-refractivity contribution in [3.05, 3.63) is 72.9 Å². The molecule has 0 spiro atoms. The van der Waals surface area contributed by atoms with Crippen molar-refractivity contribution in [3.63, 3.8) is 0 Å². The van der Waals surface area contributed by atoms with Crippen molar-refractivity contribution in [2.45, 2.75) is 70.8 Å². The lowest BCUT2D eigenvalue weighted by Crippen LogP contribution is -2.43. The van der Waals surface area contributed by atoms with E-state index >= 15 is 0 Å². The average Bonchev–Trinajstić information content (AvgIpc) is 2.73. The summed E-state index contributed by atoms with van der Waals surface area (Å²) in [4.78, 5) is 23.0. The molecule has 0 aromatic heterocycles. The van der Waals surface area contributed by atoms with E-state index in [9.17, 15) is 9.59 Å². The predicted molar refractivity (Wildman–Crippen MR) is 142 cm³/mol. The molecule has 0 rings (SSSR count). The van der Waals surface area contributed by atoms with Gasteiger partial charge in [-0.2, -0.15) is 0 Å². The Balaban J connectivity index is 3.91. The Hall–Kier alpha value is -2.66. The molecule has 0 heterocycles. The number of hydrogen-bond acceptors (Lipinski definition) is 3. The van der Waals surface area contributed by atoms with Crippen LogP contribution in [0.15, 0.2) is 72.9 Å². The van der Waals surface area contributed by atoms with Crippen LogP contribution in [0.3, 0.4) is 0 Å². The summed E-state index contributed by atoms with van der Waals surface area (Å²) in [6.45, 7) is 2.61. The second-order valence-electron chi connectivity index (χ2n) is 9.14. The molecule has 0 fully saturated rings. The Labute approximate surface area is 207 Å². The molecule has 5 nitrogen and oxygen atoms in total. The Bertz CT molecular complexity index is 721. The average molecular weight is 473 g/mol. The SMILES string of the molecule is CC/C=C/C/C=C/C/C=C/C/C=C/C/C=C/C/C=C/CCC(=O)OC(CC(=O)O)C[N+](C)(C)C. The molecule has 0 aliphatic rings. The summed E-state index contributed by atoms with van der Waals surface area (Å²) in [5.74, 6) is -1.30. The summed E-state index contributed by atoms with van der Waals surface area (Å²) in [6, 6.07) is 0. The molecule has 0 amide bonds. The number of rotatable bonds is 19. The summed E-state index contributed by atoms with van der Waals surface area (Å²) in [7, 11) is 5.83. The molecule has 34 heavy (non-hydrogen) atoms. The quantitative estimate of drug-likeness (QED) is 0.131. The van der Waals surface area contributed by atoms with Gasteiger partial charge in [-0.3, -0.25) is 9.59 Å². The van der Waals surface area contributed by atoms with Gasteiger partial charge in [-0.05, 0) is 44.9 Å². The van der Waals surface area contributed by atoms with Crippen LogP contribution in [0.2, 0.25) is 0 Å². The van der Waals surface area contributed by atoms with Gasteiger partial charge in [0.15, 0.2) is 6.10 Å². The van der Waals surface area contributed by atoms with Crippen molar-refractivity contribution in [1.82, 2.24) is 0 Å². The Morgan fingerprint density at radius 1 is 0.735 bits per heavy atom. The first kappa shape index (κ1) is 31.3. The van der Waals surface area contributed by atoms with E-state index < -0.39 is 12.1 Å². The lowest BCUT2D eigenvalue weighted by molar-refractivity contribution is -0.873. The molecule has 5 heteroatoms. The van der Waals surface area contributed by atoms with Crippen LogP contribution in [-0.4, -0.2) is 55.3 Å². The van der Waals surface area contributed by atoms with Gasteiger partial charge in [0.1, 0.15) is 6.54 Å². The summed E-state index contributed by atoms with van der Waals surface area (Å²) in [5.41, 5.74) is 0. The highest BCUT2D eigenvalue weighted by molar-refractivity contribution is 5.71. The maximum absolute atomic E-state index is 12.0. The van der Waals surface area contributed by atoms with Gasteiger partial charge in [-0.1, -0.05) is 79.8 Å². The first-order valence-electron chi connectivity index (χ1n) is 12.4. The van der Waals surface area contributed by atoms with E-state index in [0.717, 1.165) is 38.5 Å². The van der Waals surface area contributed by atoms with Crippen LogP contribution in [0, 0.1) is 0 Å². The summed E-state index contributed by atoms with van der Waals surface area (Å²) in [5, 5.41) is 9.01. The first-order valence-corrected chi connectivity index (χ1v) is 12.4. The molecule has 1 N–H and O–H groups in total. The molecular weight excluding hydrogens is 426 g/mol. The zero-order valence-electron chi connectivity index (χ0n) is 21.7. The van der Waals surface area contributed by atoms with Crippen molar-refractivity contribution in [3.8, 4) is 0 Å². The van der Waals surface area contributed by atoms with Gasteiger partial charge in [0, 0.05) is 6.42 Å². The molecular formula is C29H46NO4+.